The van der Waals surface area contributed by atoms with Crippen LogP contribution in [0.1, 0.15) is 38.9 Å². The van der Waals surface area contributed by atoms with E-state index in [2.05, 4.69) is 171 Å². The molecule has 0 aromatic heterocycles. The fraction of sp³-hybridized carbons (Fsp3) is 0.0952. The predicted octanol–water partition coefficient (Wildman–Crippen LogP) is 11.2. The number of hydrogen-bond donors (Lipinski definition) is 0. The lowest BCUT2D eigenvalue weighted by Gasteiger charge is -2.25. The lowest BCUT2D eigenvalue weighted by molar-refractivity contribution is 0.306. The fourth-order valence-electron chi connectivity index (χ4n) is 5.25. The highest BCUT2D eigenvalue weighted by Crippen LogP contribution is 2.36. The van der Waals surface area contributed by atoms with E-state index >= 15 is 0 Å². The molecule has 6 rings (SSSR count). The Morgan fingerprint density at radius 2 is 0.955 bits per heavy atom. The van der Waals surface area contributed by atoms with Gasteiger partial charge in [-0.05, 0) is 103 Å². The predicted molar refractivity (Wildman–Crippen MR) is 186 cm³/mol. The summed E-state index contributed by atoms with van der Waals surface area (Å²) in [5.74, 6) is 0.850. The van der Waals surface area contributed by atoms with E-state index in [0.29, 0.717) is 6.61 Å². The van der Waals surface area contributed by atoms with Crippen LogP contribution in [-0.4, -0.2) is 0 Å². The normalized spacial score (nSPS) is 10.7. The zero-order valence-corrected chi connectivity index (χ0v) is 25.6. The number of aryl methyl sites for hydroxylation is 3. The molecule has 0 unspecified atom stereocenters. The lowest BCUT2D eigenvalue weighted by atomic mass is 9.94. The van der Waals surface area contributed by atoms with Crippen LogP contribution in [0.5, 0.6) is 5.75 Å². The molecular weight excluding hydrogens is 534 g/mol. The molecule has 0 atom stereocenters. The van der Waals surface area contributed by atoms with Crippen LogP contribution in [-0.2, 0) is 6.61 Å². The van der Waals surface area contributed by atoms with Crippen LogP contribution in [0.3, 0.4) is 0 Å². The minimum absolute atomic E-state index is 0.546. The van der Waals surface area contributed by atoms with Crippen molar-refractivity contribution in [2.24, 2.45) is 0 Å². The number of anilines is 3. The summed E-state index contributed by atoms with van der Waals surface area (Å²) in [4.78, 5) is 2.28. The Labute approximate surface area is 261 Å². The highest BCUT2D eigenvalue weighted by atomic mass is 16.5. The average Bonchev–Trinajstić information content (AvgIpc) is 3.06. The van der Waals surface area contributed by atoms with Crippen LogP contribution >= 0.6 is 0 Å². The smallest absolute Gasteiger partial charge is 0.119 e. The van der Waals surface area contributed by atoms with Gasteiger partial charge in [-0.3, -0.25) is 0 Å². The van der Waals surface area contributed by atoms with Crippen molar-refractivity contribution in [3.8, 4) is 5.75 Å². The number of benzene rings is 6. The molecule has 0 aliphatic carbocycles. The Hall–Kier alpha value is -5.34. The molecule has 0 radical (unpaired) electrons. The summed E-state index contributed by atoms with van der Waals surface area (Å²) >= 11 is 0. The molecule has 0 amide bonds. The maximum atomic E-state index is 6.09. The van der Waals surface area contributed by atoms with Gasteiger partial charge in [-0.1, -0.05) is 120 Å². The molecule has 6 aromatic rings. The second kappa shape index (κ2) is 13.3. The van der Waals surface area contributed by atoms with E-state index in [1.807, 2.05) is 12.1 Å². The molecular formula is C42H37NO. The molecule has 216 valence electrons. The monoisotopic (exact) mass is 571 g/mol. The van der Waals surface area contributed by atoms with Crippen molar-refractivity contribution in [2.45, 2.75) is 27.4 Å². The standard InChI is InChI=1S/C42H37NO/c1-31-9-15-35(16-10-31)30-44-41-27-25-40(26-28-41)43(38-7-5-4-6-8-38)39-23-17-34(18-24-39)29-42(36-19-11-32(2)12-20-36)37-21-13-33(3)14-22-37/h4-29H,30H2,1-3H3. The zero-order chi connectivity index (χ0) is 30.3. The second-order valence-corrected chi connectivity index (χ2v) is 11.3. The summed E-state index contributed by atoms with van der Waals surface area (Å²) in [6.45, 7) is 6.90. The van der Waals surface area contributed by atoms with Gasteiger partial charge in [0.05, 0.1) is 0 Å². The van der Waals surface area contributed by atoms with Gasteiger partial charge >= 0.3 is 0 Å². The van der Waals surface area contributed by atoms with Gasteiger partial charge in [-0.25, -0.2) is 0 Å². The van der Waals surface area contributed by atoms with E-state index < -0.39 is 0 Å². The molecule has 44 heavy (non-hydrogen) atoms. The Kier molecular flexibility index (Phi) is 8.70. The van der Waals surface area contributed by atoms with E-state index in [1.54, 1.807) is 0 Å². The third-order valence-electron chi connectivity index (χ3n) is 7.82. The van der Waals surface area contributed by atoms with Crippen molar-refractivity contribution in [3.63, 3.8) is 0 Å². The Bertz CT molecular complexity index is 1770. The maximum absolute atomic E-state index is 6.09. The van der Waals surface area contributed by atoms with Crippen LogP contribution in [0.15, 0.2) is 152 Å². The van der Waals surface area contributed by atoms with Gasteiger partial charge < -0.3 is 9.64 Å². The molecule has 0 saturated heterocycles. The largest absolute Gasteiger partial charge is 0.489 e. The minimum atomic E-state index is 0.546. The summed E-state index contributed by atoms with van der Waals surface area (Å²) in [7, 11) is 0. The maximum Gasteiger partial charge on any atom is 0.119 e. The molecule has 6 aromatic carbocycles. The molecule has 0 heterocycles. The van der Waals surface area contributed by atoms with Crippen molar-refractivity contribution in [2.75, 3.05) is 4.90 Å². The SMILES string of the molecule is Cc1ccc(COc2ccc(N(c3ccccc3)c3ccc(C=C(c4ccc(C)cc4)c4ccc(C)cc4)cc3)cc2)cc1. The Morgan fingerprint density at radius 3 is 1.48 bits per heavy atom. The van der Waals surface area contributed by atoms with Gasteiger partial charge in [-0.2, -0.15) is 0 Å². The minimum Gasteiger partial charge on any atom is -0.489 e. The molecule has 0 aliphatic heterocycles. The molecule has 0 fully saturated rings. The van der Waals surface area contributed by atoms with Gasteiger partial charge in [-0.15, -0.1) is 0 Å². The van der Waals surface area contributed by atoms with Crippen molar-refractivity contribution in [3.05, 3.63) is 191 Å². The van der Waals surface area contributed by atoms with E-state index in [-0.39, 0.29) is 0 Å². The fourth-order valence-corrected chi connectivity index (χ4v) is 5.25. The summed E-state index contributed by atoms with van der Waals surface area (Å²) in [5.41, 5.74) is 13.0. The van der Waals surface area contributed by atoms with Crippen molar-refractivity contribution in [1.29, 1.82) is 0 Å². The first-order valence-corrected chi connectivity index (χ1v) is 15.1. The molecule has 0 bridgehead atoms. The van der Waals surface area contributed by atoms with Gasteiger partial charge in [0.25, 0.3) is 0 Å². The molecule has 2 heteroatoms. The van der Waals surface area contributed by atoms with Crippen molar-refractivity contribution < 1.29 is 4.74 Å². The van der Waals surface area contributed by atoms with Gasteiger partial charge in [0, 0.05) is 17.1 Å². The summed E-state index contributed by atoms with van der Waals surface area (Å²) in [6, 6.07) is 53.6. The molecule has 2 nitrogen and oxygen atoms in total. The molecule has 0 spiro atoms. The third kappa shape index (κ3) is 6.99. The summed E-state index contributed by atoms with van der Waals surface area (Å²) in [6.07, 6.45) is 2.28. The first-order chi connectivity index (χ1) is 21.5. The second-order valence-electron chi connectivity index (χ2n) is 11.3. The van der Waals surface area contributed by atoms with Gasteiger partial charge in [0.2, 0.25) is 0 Å². The first-order valence-electron chi connectivity index (χ1n) is 15.1. The van der Waals surface area contributed by atoms with E-state index in [4.69, 9.17) is 4.74 Å². The summed E-state index contributed by atoms with van der Waals surface area (Å²) in [5, 5.41) is 0. The highest BCUT2D eigenvalue weighted by Gasteiger charge is 2.13. The molecule has 0 aliphatic rings. The third-order valence-corrected chi connectivity index (χ3v) is 7.82. The topological polar surface area (TPSA) is 12.5 Å². The van der Waals surface area contributed by atoms with E-state index in [9.17, 15) is 0 Å². The molecule has 0 saturated carbocycles. The number of hydrogen-bond acceptors (Lipinski definition) is 2. The first kappa shape index (κ1) is 28.8. The van der Waals surface area contributed by atoms with E-state index in [0.717, 1.165) is 33.9 Å². The van der Waals surface area contributed by atoms with Crippen LogP contribution in [0, 0.1) is 20.8 Å². The van der Waals surface area contributed by atoms with Crippen LogP contribution < -0.4 is 9.64 Å². The van der Waals surface area contributed by atoms with Crippen molar-refractivity contribution in [1.82, 2.24) is 0 Å². The van der Waals surface area contributed by atoms with Crippen LogP contribution in [0.2, 0.25) is 0 Å². The Balaban J connectivity index is 1.29. The number of ether oxygens (including phenoxy) is 1. The Morgan fingerprint density at radius 1 is 0.500 bits per heavy atom. The molecule has 0 N–H and O–H groups in total. The number of rotatable bonds is 9. The van der Waals surface area contributed by atoms with Crippen molar-refractivity contribution >= 4 is 28.7 Å². The highest BCUT2D eigenvalue weighted by molar-refractivity contribution is 5.92. The zero-order valence-electron chi connectivity index (χ0n) is 25.6. The van der Waals surface area contributed by atoms with Crippen LogP contribution in [0.25, 0.3) is 11.6 Å². The lowest BCUT2D eigenvalue weighted by Crippen LogP contribution is -2.09. The number of nitrogens with zero attached hydrogens (tertiary/aromatic N) is 1. The van der Waals surface area contributed by atoms with Gasteiger partial charge in [0.1, 0.15) is 12.4 Å². The van der Waals surface area contributed by atoms with E-state index in [1.165, 1.54) is 33.4 Å². The summed E-state index contributed by atoms with van der Waals surface area (Å²) < 4.78 is 6.09. The van der Waals surface area contributed by atoms with Gasteiger partial charge in [0.15, 0.2) is 0 Å². The quantitative estimate of drug-likeness (QED) is 0.160. The van der Waals surface area contributed by atoms with Crippen LogP contribution in [0.4, 0.5) is 17.1 Å². The average molecular weight is 572 g/mol. The number of para-hydroxylation sites is 1.